The quantitative estimate of drug-likeness (QED) is 0.633. The third kappa shape index (κ3) is 4.64. The summed E-state index contributed by atoms with van der Waals surface area (Å²) in [5.41, 5.74) is -0.508. The van der Waals surface area contributed by atoms with E-state index >= 15 is 0 Å². The first-order valence-electron chi connectivity index (χ1n) is 9.10. The Morgan fingerprint density at radius 1 is 1.19 bits per heavy atom. The molecule has 8 nitrogen and oxygen atoms in total. The van der Waals surface area contributed by atoms with E-state index in [1.165, 1.54) is 0 Å². The molecule has 2 rings (SSSR count). The highest BCUT2D eigenvalue weighted by Gasteiger charge is 2.52. The molecule has 0 spiro atoms. The van der Waals surface area contributed by atoms with Crippen LogP contribution in [0, 0.1) is 0 Å². The Hall–Kier alpha value is -2.90. The van der Waals surface area contributed by atoms with Gasteiger partial charge in [0.05, 0.1) is 0 Å². The molecule has 27 heavy (non-hydrogen) atoms. The zero-order chi connectivity index (χ0) is 20.0. The van der Waals surface area contributed by atoms with Gasteiger partial charge in [-0.2, -0.15) is 0 Å². The van der Waals surface area contributed by atoms with E-state index in [-0.39, 0.29) is 6.04 Å². The smallest absolute Gasteiger partial charge is 0.325 e. The fourth-order valence-electron chi connectivity index (χ4n) is 3.05. The minimum atomic E-state index is -1.19. The Labute approximate surface area is 158 Å². The number of nitrogens with one attached hydrogen (secondary N) is 3. The Morgan fingerprint density at radius 3 is 2.44 bits per heavy atom. The molecule has 0 aromatic heterocycles. The van der Waals surface area contributed by atoms with Gasteiger partial charge in [0, 0.05) is 6.04 Å². The average molecular weight is 374 g/mol. The number of urea groups is 2. The van der Waals surface area contributed by atoms with Crippen LogP contribution in [0.1, 0.15) is 45.6 Å². The minimum Gasteiger partial charge on any atom is -0.336 e. The highest BCUT2D eigenvalue weighted by atomic mass is 16.2. The first kappa shape index (κ1) is 20.4. The zero-order valence-corrected chi connectivity index (χ0v) is 15.9. The third-order valence-corrected chi connectivity index (χ3v) is 4.32. The summed E-state index contributed by atoms with van der Waals surface area (Å²) < 4.78 is 0. The second kappa shape index (κ2) is 8.66. The average Bonchev–Trinajstić information content (AvgIpc) is 2.85. The largest absolute Gasteiger partial charge is 0.336 e. The number of rotatable bonds is 7. The fraction of sp³-hybridized carbons (Fsp3) is 0.474. The van der Waals surface area contributed by atoms with Crippen LogP contribution >= 0.6 is 0 Å². The van der Waals surface area contributed by atoms with Crippen molar-refractivity contribution in [2.75, 3.05) is 6.54 Å². The van der Waals surface area contributed by atoms with Crippen LogP contribution in [0.3, 0.4) is 0 Å². The number of hydrogen-bond acceptors (Lipinski definition) is 4. The van der Waals surface area contributed by atoms with Crippen LogP contribution in [0.2, 0.25) is 0 Å². The maximum absolute atomic E-state index is 13.1. The van der Waals surface area contributed by atoms with Crippen molar-refractivity contribution in [1.29, 1.82) is 0 Å². The van der Waals surface area contributed by atoms with Crippen molar-refractivity contribution in [2.24, 2.45) is 0 Å². The number of hydrogen-bond donors (Lipinski definition) is 3. The highest BCUT2D eigenvalue weighted by Crippen LogP contribution is 2.33. The van der Waals surface area contributed by atoms with E-state index in [9.17, 15) is 19.2 Å². The van der Waals surface area contributed by atoms with Gasteiger partial charge in [-0.25, -0.2) is 9.59 Å². The van der Waals surface area contributed by atoms with Crippen molar-refractivity contribution in [3.8, 4) is 0 Å². The van der Waals surface area contributed by atoms with E-state index in [2.05, 4.69) is 16.0 Å². The molecule has 1 aromatic carbocycles. The van der Waals surface area contributed by atoms with Gasteiger partial charge in [0.15, 0.2) is 0 Å². The van der Waals surface area contributed by atoms with Crippen LogP contribution in [-0.4, -0.2) is 41.4 Å². The van der Waals surface area contributed by atoms with Crippen LogP contribution < -0.4 is 16.0 Å². The number of carbonyl (C=O) groups is 4. The molecule has 0 aliphatic carbocycles. The van der Waals surface area contributed by atoms with Gasteiger partial charge in [-0.1, -0.05) is 50.1 Å². The maximum atomic E-state index is 13.1. The SMILES string of the molecule is CCCCC1(c2ccccc2)NC(=O)N(CC(=O)NC(=O)NC(C)C)C1=O. The summed E-state index contributed by atoms with van der Waals surface area (Å²) in [5, 5.41) is 7.41. The van der Waals surface area contributed by atoms with Crippen LogP contribution in [0.25, 0.3) is 0 Å². The Morgan fingerprint density at radius 2 is 1.85 bits per heavy atom. The van der Waals surface area contributed by atoms with E-state index < -0.39 is 36.0 Å². The van der Waals surface area contributed by atoms with E-state index in [1.807, 2.05) is 13.0 Å². The van der Waals surface area contributed by atoms with Crippen molar-refractivity contribution in [1.82, 2.24) is 20.9 Å². The standard InChI is InChI=1S/C19H26N4O4/c1-4-5-11-19(14-9-7-6-8-10-14)16(25)23(18(27)22-19)12-15(24)21-17(26)20-13(2)3/h6-10,13H,4-5,11-12H2,1-3H3,(H,22,27)(H2,20,21,24,26). The van der Waals surface area contributed by atoms with Gasteiger partial charge in [0.2, 0.25) is 5.91 Å². The van der Waals surface area contributed by atoms with E-state index in [4.69, 9.17) is 0 Å². The molecule has 146 valence electrons. The number of imide groups is 2. The Kier molecular flexibility index (Phi) is 6.55. The van der Waals surface area contributed by atoms with Crippen molar-refractivity contribution in [2.45, 2.75) is 51.6 Å². The van der Waals surface area contributed by atoms with Crippen molar-refractivity contribution in [3.63, 3.8) is 0 Å². The minimum absolute atomic E-state index is 0.144. The molecule has 1 unspecified atom stereocenters. The predicted octanol–water partition coefficient (Wildman–Crippen LogP) is 1.86. The number of nitrogens with zero attached hydrogens (tertiary/aromatic N) is 1. The van der Waals surface area contributed by atoms with Gasteiger partial charge in [0.1, 0.15) is 12.1 Å². The molecule has 1 aliphatic rings. The monoisotopic (exact) mass is 374 g/mol. The molecule has 1 aromatic rings. The van der Waals surface area contributed by atoms with Crippen molar-refractivity contribution >= 4 is 23.9 Å². The number of benzene rings is 1. The summed E-state index contributed by atoms with van der Waals surface area (Å²) >= 11 is 0. The maximum Gasteiger partial charge on any atom is 0.325 e. The molecular weight excluding hydrogens is 348 g/mol. The van der Waals surface area contributed by atoms with Crippen molar-refractivity contribution in [3.05, 3.63) is 35.9 Å². The van der Waals surface area contributed by atoms with Gasteiger partial charge in [0.25, 0.3) is 5.91 Å². The molecule has 1 heterocycles. The van der Waals surface area contributed by atoms with Crippen LogP contribution in [0.4, 0.5) is 9.59 Å². The summed E-state index contributed by atoms with van der Waals surface area (Å²) in [5.74, 6) is -1.21. The normalized spacial score (nSPS) is 19.2. The lowest BCUT2D eigenvalue weighted by Gasteiger charge is -2.27. The first-order valence-corrected chi connectivity index (χ1v) is 9.10. The van der Waals surface area contributed by atoms with Gasteiger partial charge in [-0.15, -0.1) is 0 Å². The van der Waals surface area contributed by atoms with Gasteiger partial charge in [-0.3, -0.25) is 19.8 Å². The highest BCUT2D eigenvalue weighted by molar-refractivity contribution is 6.10. The number of unbranched alkanes of at least 4 members (excludes halogenated alkanes) is 1. The van der Waals surface area contributed by atoms with E-state index in [0.29, 0.717) is 12.0 Å². The molecule has 8 heteroatoms. The zero-order valence-electron chi connectivity index (χ0n) is 15.9. The second-order valence-electron chi connectivity index (χ2n) is 6.87. The summed E-state index contributed by atoms with van der Waals surface area (Å²) in [6.45, 7) is 4.99. The van der Waals surface area contributed by atoms with Gasteiger partial charge in [-0.05, 0) is 25.8 Å². The van der Waals surface area contributed by atoms with Crippen LogP contribution in [0.15, 0.2) is 30.3 Å². The summed E-state index contributed by atoms with van der Waals surface area (Å²) in [6, 6.07) is 7.55. The topological polar surface area (TPSA) is 108 Å². The lowest BCUT2D eigenvalue weighted by molar-refractivity contribution is -0.135. The van der Waals surface area contributed by atoms with Crippen LogP contribution in [-0.2, 0) is 15.1 Å². The first-order chi connectivity index (χ1) is 12.8. The lowest BCUT2D eigenvalue weighted by Crippen LogP contribution is -2.48. The van der Waals surface area contributed by atoms with E-state index in [0.717, 1.165) is 17.7 Å². The van der Waals surface area contributed by atoms with Crippen LogP contribution in [0.5, 0.6) is 0 Å². The van der Waals surface area contributed by atoms with Gasteiger partial charge < -0.3 is 10.6 Å². The summed E-state index contributed by atoms with van der Waals surface area (Å²) in [4.78, 5) is 50.2. The molecular formula is C19H26N4O4. The Bertz CT molecular complexity index is 720. The molecule has 1 saturated heterocycles. The molecule has 0 radical (unpaired) electrons. The number of amides is 6. The number of carbonyl (C=O) groups excluding carboxylic acids is 4. The molecule has 0 bridgehead atoms. The fourth-order valence-corrected chi connectivity index (χ4v) is 3.05. The lowest BCUT2D eigenvalue weighted by atomic mass is 9.85. The summed E-state index contributed by atoms with van der Waals surface area (Å²) in [6.07, 6.45) is 2.02. The molecule has 3 N–H and O–H groups in total. The molecule has 1 aliphatic heterocycles. The Balaban J connectivity index is 2.18. The molecule has 0 saturated carbocycles. The molecule has 1 fully saturated rings. The molecule has 6 amide bonds. The second-order valence-corrected chi connectivity index (χ2v) is 6.87. The van der Waals surface area contributed by atoms with Crippen molar-refractivity contribution < 1.29 is 19.2 Å². The third-order valence-electron chi connectivity index (χ3n) is 4.32. The predicted molar refractivity (Wildman–Crippen MR) is 99.7 cm³/mol. The molecule has 1 atom stereocenters. The van der Waals surface area contributed by atoms with Gasteiger partial charge >= 0.3 is 12.1 Å². The summed E-state index contributed by atoms with van der Waals surface area (Å²) in [7, 11) is 0. The van der Waals surface area contributed by atoms with E-state index in [1.54, 1.807) is 38.1 Å².